The van der Waals surface area contributed by atoms with Gasteiger partial charge in [0.15, 0.2) is 0 Å². The minimum atomic E-state index is -1.26. The molecule has 0 aromatic rings. The lowest BCUT2D eigenvalue weighted by atomic mass is 9.83. The number of amides is 1. The second kappa shape index (κ2) is 4.27. The molecule has 1 aliphatic rings. The van der Waals surface area contributed by atoms with Crippen LogP contribution in [-0.2, 0) is 14.3 Å². The number of carbonyl (C=O) groups excluding carboxylic acids is 1. The molecule has 0 saturated carbocycles. The van der Waals surface area contributed by atoms with E-state index in [1.807, 2.05) is 0 Å². The van der Waals surface area contributed by atoms with Crippen molar-refractivity contribution in [3.8, 4) is 0 Å². The third-order valence-corrected chi connectivity index (χ3v) is 3.67. The fourth-order valence-corrected chi connectivity index (χ4v) is 1.69. The van der Waals surface area contributed by atoms with Crippen LogP contribution in [0.3, 0.4) is 0 Å². The molecule has 0 radical (unpaired) electrons. The Balaban J connectivity index is 2.94. The van der Waals surface area contributed by atoms with Crippen LogP contribution in [0.1, 0.15) is 20.8 Å². The van der Waals surface area contributed by atoms with Gasteiger partial charge < -0.3 is 20.5 Å². The van der Waals surface area contributed by atoms with E-state index in [2.05, 4.69) is 0 Å². The highest BCUT2D eigenvalue weighted by Crippen LogP contribution is 2.31. The summed E-state index contributed by atoms with van der Waals surface area (Å²) < 4.78 is 5.20. The summed E-state index contributed by atoms with van der Waals surface area (Å²) in [5.74, 6) is -1.35. The predicted octanol–water partition coefficient (Wildman–Crippen LogP) is -0.328. The van der Waals surface area contributed by atoms with Crippen molar-refractivity contribution in [3.63, 3.8) is 0 Å². The molecular weight excluding hydrogens is 224 g/mol. The zero-order valence-corrected chi connectivity index (χ0v) is 10.7. The first kappa shape index (κ1) is 13.9. The van der Waals surface area contributed by atoms with Crippen LogP contribution in [0.5, 0.6) is 0 Å². The van der Waals surface area contributed by atoms with E-state index in [1.54, 1.807) is 6.92 Å². The third kappa shape index (κ3) is 2.14. The molecule has 6 nitrogen and oxygen atoms in total. The highest BCUT2D eigenvalue weighted by Gasteiger charge is 2.49. The SMILES string of the molecule is CN(C(=O)C1(C)COCC1N)C(C)(C)C(=O)O. The van der Waals surface area contributed by atoms with E-state index in [9.17, 15) is 9.59 Å². The van der Waals surface area contributed by atoms with Gasteiger partial charge in [0.05, 0.1) is 18.6 Å². The Morgan fingerprint density at radius 2 is 2.06 bits per heavy atom. The summed E-state index contributed by atoms with van der Waals surface area (Å²) >= 11 is 0. The molecular formula is C11H20N2O4. The monoisotopic (exact) mass is 244 g/mol. The molecule has 1 aliphatic heterocycles. The lowest BCUT2D eigenvalue weighted by molar-refractivity contribution is -0.159. The van der Waals surface area contributed by atoms with Crippen LogP contribution in [0.2, 0.25) is 0 Å². The largest absolute Gasteiger partial charge is 0.480 e. The first-order chi connectivity index (χ1) is 7.64. The van der Waals surface area contributed by atoms with Gasteiger partial charge in [-0.25, -0.2) is 4.79 Å². The van der Waals surface area contributed by atoms with E-state index < -0.39 is 23.0 Å². The zero-order valence-electron chi connectivity index (χ0n) is 10.7. The van der Waals surface area contributed by atoms with Crippen molar-refractivity contribution >= 4 is 11.9 Å². The summed E-state index contributed by atoms with van der Waals surface area (Å²) in [7, 11) is 1.48. The fourth-order valence-electron chi connectivity index (χ4n) is 1.69. The third-order valence-electron chi connectivity index (χ3n) is 3.67. The van der Waals surface area contributed by atoms with Crippen LogP contribution < -0.4 is 5.73 Å². The van der Waals surface area contributed by atoms with Gasteiger partial charge in [-0.2, -0.15) is 0 Å². The van der Waals surface area contributed by atoms with Crippen molar-refractivity contribution in [1.29, 1.82) is 0 Å². The van der Waals surface area contributed by atoms with Crippen molar-refractivity contribution in [1.82, 2.24) is 4.90 Å². The summed E-state index contributed by atoms with van der Waals surface area (Å²) in [6, 6.07) is -0.401. The molecule has 0 spiro atoms. The molecule has 0 aliphatic carbocycles. The van der Waals surface area contributed by atoms with Gasteiger partial charge in [0.25, 0.3) is 0 Å². The molecule has 0 bridgehead atoms. The van der Waals surface area contributed by atoms with Gasteiger partial charge in [-0.3, -0.25) is 4.79 Å². The maximum absolute atomic E-state index is 12.3. The number of carboxylic acid groups (broad SMARTS) is 1. The maximum atomic E-state index is 12.3. The summed E-state index contributed by atoms with van der Waals surface area (Å²) in [5.41, 5.74) is 3.74. The molecule has 6 heteroatoms. The Hall–Kier alpha value is -1.14. The topological polar surface area (TPSA) is 92.9 Å². The smallest absolute Gasteiger partial charge is 0.329 e. The summed E-state index contributed by atoms with van der Waals surface area (Å²) in [5, 5.41) is 9.10. The van der Waals surface area contributed by atoms with Gasteiger partial charge in [0, 0.05) is 13.1 Å². The normalized spacial score (nSPS) is 29.1. The minimum absolute atomic E-state index is 0.229. The standard InChI is InChI=1S/C11H20N2O4/c1-10(2,9(15)16)13(4)8(14)11(3)6-17-5-7(11)12/h7H,5-6,12H2,1-4H3,(H,15,16). The predicted molar refractivity (Wildman–Crippen MR) is 61.4 cm³/mol. The van der Waals surface area contributed by atoms with Crippen molar-refractivity contribution in [2.24, 2.45) is 11.1 Å². The van der Waals surface area contributed by atoms with Crippen molar-refractivity contribution in [3.05, 3.63) is 0 Å². The zero-order chi connectivity index (χ0) is 13.4. The number of aliphatic carboxylic acids is 1. The molecule has 3 N–H and O–H groups in total. The van der Waals surface area contributed by atoms with E-state index in [0.29, 0.717) is 6.61 Å². The molecule has 98 valence electrons. The van der Waals surface area contributed by atoms with E-state index in [-0.39, 0.29) is 12.5 Å². The van der Waals surface area contributed by atoms with E-state index in [4.69, 9.17) is 15.6 Å². The Bertz CT molecular complexity index is 342. The molecule has 2 atom stereocenters. The van der Waals surface area contributed by atoms with Gasteiger partial charge in [0.1, 0.15) is 5.54 Å². The highest BCUT2D eigenvalue weighted by molar-refractivity contribution is 5.89. The second-order valence-electron chi connectivity index (χ2n) is 5.27. The van der Waals surface area contributed by atoms with Gasteiger partial charge >= 0.3 is 5.97 Å². The number of nitrogens with two attached hydrogens (primary N) is 1. The maximum Gasteiger partial charge on any atom is 0.329 e. The molecule has 0 aromatic heterocycles. The van der Waals surface area contributed by atoms with Crippen LogP contribution in [0.4, 0.5) is 0 Å². The van der Waals surface area contributed by atoms with Crippen molar-refractivity contribution < 1.29 is 19.4 Å². The molecule has 1 saturated heterocycles. The van der Waals surface area contributed by atoms with E-state index in [1.165, 1.54) is 25.8 Å². The highest BCUT2D eigenvalue weighted by atomic mass is 16.5. The van der Waals surface area contributed by atoms with Gasteiger partial charge in [-0.15, -0.1) is 0 Å². The number of hydrogen-bond donors (Lipinski definition) is 2. The number of rotatable bonds is 3. The molecule has 1 fully saturated rings. The Morgan fingerprint density at radius 1 is 1.53 bits per heavy atom. The quantitative estimate of drug-likeness (QED) is 0.709. The van der Waals surface area contributed by atoms with Crippen molar-refractivity contribution in [2.75, 3.05) is 20.3 Å². The first-order valence-corrected chi connectivity index (χ1v) is 5.49. The number of ether oxygens (including phenoxy) is 1. The lowest BCUT2D eigenvalue weighted by Gasteiger charge is -2.38. The van der Waals surface area contributed by atoms with Gasteiger partial charge in [0.2, 0.25) is 5.91 Å². The Kier molecular flexibility index (Phi) is 3.50. The summed E-state index contributed by atoms with van der Waals surface area (Å²) in [6.07, 6.45) is 0. The van der Waals surface area contributed by atoms with Gasteiger partial charge in [-0.05, 0) is 20.8 Å². The van der Waals surface area contributed by atoms with Gasteiger partial charge in [-0.1, -0.05) is 0 Å². The Morgan fingerprint density at radius 3 is 2.41 bits per heavy atom. The van der Waals surface area contributed by atoms with Crippen LogP contribution in [0, 0.1) is 5.41 Å². The van der Waals surface area contributed by atoms with E-state index in [0.717, 1.165) is 0 Å². The number of nitrogens with zero attached hydrogens (tertiary/aromatic N) is 1. The van der Waals surface area contributed by atoms with E-state index >= 15 is 0 Å². The number of likely N-dealkylation sites (N-methyl/N-ethyl adjacent to an activating group) is 1. The van der Waals surface area contributed by atoms with Crippen LogP contribution in [-0.4, -0.2) is 53.7 Å². The fraction of sp³-hybridized carbons (Fsp3) is 0.818. The Labute approximate surface area is 101 Å². The average molecular weight is 244 g/mol. The summed E-state index contributed by atoms with van der Waals surface area (Å²) in [4.78, 5) is 24.7. The van der Waals surface area contributed by atoms with Crippen molar-refractivity contribution in [2.45, 2.75) is 32.4 Å². The number of hydrogen-bond acceptors (Lipinski definition) is 4. The molecule has 2 unspecified atom stereocenters. The first-order valence-electron chi connectivity index (χ1n) is 5.49. The second-order valence-corrected chi connectivity index (χ2v) is 5.27. The lowest BCUT2D eigenvalue weighted by Crippen LogP contribution is -2.58. The molecule has 1 rings (SSSR count). The molecule has 0 aromatic carbocycles. The van der Waals surface area contributed by atoms with Crippen LogP contribution in [0.15, 0.2) is 0 Å². The summed E-state index contributed by atoms with van der Waals surface area (Å²) in [6.45, 7) is 5.23. The number of carbonyl (C=O) groups is 2. The molecule has 17 heavy (non-hydrogen) atoms. The average Bonchev–Trinajstić information content (AvgIpc) is 2.58. The van der Waals surface area contributed by atoms with Crippen LogP contribution in [0.25, 0.3) is 0 Å². The molecule has 1 heterocycles. The molecule has 1 amide bonds. The number of carboxylic acids is 1. The van der Waals surface area contributed by atoms with Crippen LogP contribution >= 0.6 is 0 Å². The minimum Gasteiger partial charge on any atom is -0.480 e.